The second kappa shape index (κ2) is 66.4. The average Bonchev–Trinajstić information content (AvgIpc) is 3.42. The van der Waals surface area contributed by atoms with Crippen LogP contribution in [0.25, 0.3) is 0 Å². The number of carbonyl (C=O) groups excluding carboxylic acids is 2. The predicted octanol–water partition coefficient (Wildman–Crippen LogP) is 22.6. The van der Waals surface area contributed by atoms with Crippen molar-refractivity contribution < 1.29 is 24.5 Å². The van der Waals surface area contributed by atoms with Crippen LogP contribution in [0, 0.1) is 0 Å². The first kappa shape index (κ1) is 74.9. The van der Waals surface area contributed by atoms with Crippen LogP contribution in [0.15, 0.2) is 0 Å². The van der Waals surface area contributed by atoms with E-state index in [-0.39, 0.29) is 18.5 Å². The summed E-state index contributed by atoms with van der Waals surface area (Å²) in [6.07, 6.45) is 80.0. The Morgan fingerprint density at radius 1 is 0.316 bits per heavy atom. The molecule has 6 nitrogen and oxygen atoms in total. The number of amides is 1. The highest BCUT2D eigenvalue weighted by molar-refractivity contribution is 5.76. The molecule has 0 saturated heterocycles. The summed E-state index contributed by atoms with van der Waals surface area (Å²) in [5.74, 6) is -0.0122. The van der Waals surface area contributed by atoms with E-state index in [1.54, 1.807) is 0 Å². The third-order valence-corrected chi connectivity index (χ3v) is 16.9. The Labute approximate surface area is 476 Å². The molecule has 0 aromatic heterocycles. The Morgan fingerprint density at radius 3 is 0.803 bits per heavy atom. The lowest BCUT2D eigenvalue weighted by Crippen LogP contribution is -2.45. The van der Waals surface area contributed by atoms with Crippen molar-refractivity contribution in [1.82, 2.24) is 5.32 Å². The van der Waals surface area contributed by atoms with Crippen molar-refractivity contribution in [2.75, 3.05) is 13.2 Å². The van der Waals surface area contributed by atoms with Crippen molar-refractivity contribution in [2.24, 2.45) is 0 Å². The van der Waals surface area contributed by atoms with Crippen LogP contribution in [-0.4, -0.2) is 47.4 Å². The fourth-order valence-electron chi connectivity index (χ4n) is 11.5. The average molecular weight is 1070 g/mol. The molecule has 0 aliphatic carbocycles. The minimum atomic E-state index is -0.665. The van der Waals surface area contributed by atoms with E-state index in [2.05, 4.69) is 19.2 Å². The normalized spacial score (nSPS) is 12.4. The van der Waals surface area contributed by atoms with Crippen LogP contribution in [0.4, 0.5) is 0 Å². The van der Waals surface area contributed by atoms with Crippen molar-refractivity contribution >= 4 is 11.9 Å². The molecule has 6 heteroatoms. The monoisotopic (exact) mass is 1070 g/mol. The molecule has 0 aliphatic heterocycles. The summed E-state index contributed by atoms with van der Waals surface area (Å²) in [5, 5.41) is 23.4. The summed E-state index contributed by atoms with van der Waals surface area (Å²) in [5.41, 5.74) is 0. The van der Waals surface area contributed by atoms with E-state index in [1.807, 2.05) is 0 Å². The minimum Gasteiger partial charge on any atom is -0.466 e. The molecule has 3 N–H and O–H groups in total. The van der Waals surface area contributed by atoms with E-state index in [0.29, 0.717) is 25.9 Å². The van der Waals surface area contributed by atoms with Crippen LogP contribution >= 0.6 is 0 Å². The number of ether oxygens (including phenoxy) is 1. The first-order valence-corrected chi connectivity index (χ1v) is 35.3. The molecule has 0 saturated carbocycles. The van der Waals surface area contributed by atoms with Crippen LogP contribution in [-0.2, 0) is 14.3 Å². The largest absolute Gasteiger partial charge is 0.466 e. The lowest BCUT2D eigenvalue weighted by Gasteiger charge is -2.22. The smallest absolute Gasteiger partial charge is 0.305 e. The van der Waals surface area contributed by atoms with Gasteiger partial charge in [0, 0.05) is 12.8 Å². The van der Waals surface area contributed by atoms with E-state index in [9.17, 15) is 19.8 Å². The standard InChI is InChI=1S/C70H139NO5/c1-3-5-7-9-11-13-15-17-19-20-21-22-23-26-29-32-35-38-42-46-50-54-58-62-68(73)67(66-72)71-69(74)63-59-55-51-47-43-39-36-33-30-27-24-25-28-31-34-37-41-45-49-53-57-61-65-76-70(75)64-60-56-52-48-44-40-18-16-14-12-10-8-6-4-2/h67-68,72-73H,3-66H2,1-2H3,(H,71,74). The van der Waals surface area contributed by atoms with Gasteiger partial charge in [0.2, 0.25) is 5.91 Å². The SMILES string of the molecule is CCCCCCCCCCCCCCCCCCCCCCCCCC(O)C(CO)NC(=O)CCCCCCCCCCCCCCCCCCCCCCCCOC(=O)CCCCCCCCCCCCCCCC. The van der Waals surface area contributed by atoms with Crippen molar-refractivity contribution in [3.05, 3.63) is 0 Å². The second-order valence-electron chi connectivity index (χ2n) is 24.6. The Balaban J connectivity index is 3.37. The Morgan fingerprint density at radius 2 is 0.539 bits per heavy atom. The van der Waals surface area contributed by atoms with Gasteiger partial charge in [0.15, 0.2) is 0 Å². The van der Waals surface area contributed by atoms with Crippen molar-refractivity contribution in [1.29, 1.82) is 0 Å². The lowest BCUT2D eigenvalue weighted by atomic mass is 10.0. The number of esters is 1. The van der Waals surface area contributed by atoms with Gasteiger partial charge in [0.25, 0.3) is 0 Å². The van der Waals surface area contributed by atoms with Gasteiger partial charge in [0.1, 0.15) is 0 Å². The van der Waals surface area contributed by atoms with Crippen molar-refractivity contribution in [2.45, 2.75) is 424 Å². The number of rotatable bonds is 67. The number of aliphatic hydroxyl groups excluding tert-OH is 2. The van der Waals surface area contributed by atoms with Gasteiger partial charge in [-0.3, -0.25) is 9.59 Å². The first-order valence-electron chi connectivity index (χ1n) is 35.3. The summed E-state index contributed by atoms with van der Waals surface area (Å²) >= 11 is 0. The number of unbranched alkanes of at least 4 members (excludes halogenated alkanes) is 56. The summed E-state index contributed by atoms with van der Waals surface area (Å²) in [4.78, 5) is 24.6. The van der Waals surface area contributed by atoms with Crippen LogP contribution in [0.5, 0.6) is 0 Å². The molecule has 2 unspecified atom stereocenters. The second-order valence-corrected chi connectivity index (χ2v) is 24.6. The predicted molar refractivity (Wildman–Crippen MR) is 334 cm³/mol. The molecule has 1 amide bonds. The molecule has 0 heterocycles. The summed E-state index contributed by atoms with van der Waals surface area (Å²) in [7, 11) is 0. The molecular weight excluding hydrogens is 935 g/mol. The van der Waals surface area contributed by atoms with E-state index in [0.717, 1.165) is 38.5 Å². The van der Waals surface area contributed by atoms with Crippen LogP contribution < -0.4 is 5.32 Å². The molecule has 0 aromatic carbocycles. The van der Waals surface area contributed by atoms with Gasteiger partial charge < -0.3 is 20.3 Å². The van der Waals surface area contributed by atoms with Crippen molar-refractivity contribution in [3.8, 4) is 0 Å². The van der Waals surface area contributed by atoms with E-state index in [1.165, 1.54) is 340 Å². The fraction of sp³-hybridized carbons (Fsp3) is 0.971. The number of hydrogen-bond donors (Lipinski definition) is 3. The Kier molecular flexibility index (Phi) is 65.4. The number of aliphatic hydroxyl groups is 2. The summed E-state index contributed by atoms with van der Waals surface area (Å²) in [6, 6.07) is -0.542. The zero-order chi connectivity index (χ0) is 55.0. The minimum absolute atomic E-state index is 0.0171. The lowest BCUT2D eigenvalue weighted by molar-refractivity contribution is -0.143. The summed E-state index contributed by atoms with van der Waals surface area (Å²) in [6.45, 7) is 5.00. The van der Waals surface area contributed by atoms with Crippen LogP contribution in [0.2, 0.25) is 0 Å². The van der Waals surface area contributed by atoms with Crippen LogP contribution in [0.3, 0.4) is 0 Å². The van der Waals surface area contributed by atoms with Gasteiger partial charge in [0.05, 0.1) is 25.4 Å². The molecule has 0 radical (unpaired) electrons. The molecule has 0 fully saturated rings. The van der Waals surface area contributed by atoms with E-state index < -0.39 is 12.1 Å². The molecule has 2 atom stereocenters. The molecule has 0 spiro atoms. The highest BCUT2D eigenvalue weighted by Crippen LogP contribution is 2.20. The van der Waals surface area contributed by atoms with Gasteiger partial charge >= 0.3 is 5.97 Å². The van der Waals surface area contributed by atoms with Crippen LogP contribution in [0.1, 0.15) is 412 Å². The topological polar surface area (TPSA) is 95.9 Å². The maximum Gasteiger partial charge on any atom is 0.305 e. The fourth-order valence-corrected chi connectivity index (χ4v) is 11.5. The molecule has 454 valence electrons. The maximum absolute atomic E-state index is 12.6. The first-order chi connectivity index (χ1) is 37.5. The Bertz CT molecular complexity index is 1100. The number of nitrogens with one attached hydrogen (secondary N) is 1. The maximum atomic E-state index is 12.6. The molecule has 0 bridgehead atoms. The van der Waals surface area contributed by atoms with Gasteiger partial charge in [-0.15, -0.1) is 0 Å². The molecular formula is C70H139NO5. The highest BCUT2D eigenvalue weighted by Gasteiger charge is 2.20. The Hall–Kier alpha value is -1.14. The van der Waals surface area contributed by atoms with Crippen molar-refractivity contribution in [3.63, 3.8) is 0 Å². The molecule has 0 aromatic rings. The third-order valence-electron chi connectivity index (χ3n) is 16.9. The van der Waals surface area contributed by atoms with E-state index in [4.69, 9.17) is 4.74 Å². The molecule has 0 rings (SSSR count). The quantitative estimate of drug-likeness (QED) is 0.0417. The zero-order valence-corrected chi connectivity index (χ0v) is 52.0. The summed E-state index contributed by atoms with van der Waals surface area (Å²) < 4.78 is 5.49. The molecule has 0 aliphatic rings. The number of hydrogen-bond acceptors (Lipinski definition) is 5. The van der Waals surface area contributed by atoms with Gasteiger partial charge in [-0.25, -0.2) is 0 Å². The van der Waals surface area contributed by atoms with Gasteiger partial charge in [-0.2, -0.15) is 0 Å². The van der Waals surface area contributed by atoms with E-state index >= 15 is 0 Å². The van der Waals surface area contributed by atoms with Gasteiger partial charge in [-0.05, 0) is 25.7 Å². The molecule has 76 heavy (non-hydrogen) atoms. The zero-order valence-electron chi connectivity index (χ0n) is 52.0. The number of carbonyl (C=O) groups is 2. The highest BCUT2D eigenvalue weighted by atomic mass is 16.5. The van der Waals surface area contributed by atoms with Gasteiger partial charge in [-0.1, -0.05) is 373 Å². The third kappa shape index (κ3) is 62.1.